The van der Waals surface area contributed by atoms with E-state index in [2.05, 4.69) is 0 Å². The highest BCUT2D eigenvalue weighted by atomic mass is 32.2. The van der Waals surface area contributed by atoms with Crippen LogP contribution in [0.2, 0.25) is 0 Å². The average Bonchev–Trinajstić information content (AvgIpc) is 2.04. The Kier molecular flexibility index (Phi) is 3.09. The molecule has 0 aliphatic rings. The van der Waals surface area contributed by atoms with E-state index in [4.69, 9.17) is 0 Å². The van der Waals surface area contributed by atoms with E-state index in [1.165, 1.54) is 26.0 Å². The maximum absolute atomic E-state index is 13.2. The van der Waals surface area contributed by atoms with Crippen molar-refractivity contribution in [1.82, 2.24) is 0 Å². The van der Waals surface area contributed by atoms with Crippen molar-refractivity contribution in [2.45, 2.75) is 24.3 Å². The number of benzene rings is 1. The minimum absolute atomic E-state index is 0.0484. The fourth-order valence-electron chi connectivity index (χ4n) is 1.04. The van der Waals surface area contributed by atoms with Crippen molar-refractivity contribution >= 4 is 11.8 Å². The van der Waals surface area contributed by atoms with Gasteiger partial charge < -0.3 is 0 Å². The molecule has 0 aliphatic heterocycles. The summed E-state index contributed by atoms with van der Waals surface area (Å²) < 4.78 is 49.2. The molecule has 0 radical (unpaired) electrons. The monoisotopic (exact) mass is 224 g/mol. The Morgan fingerprint density at radius 2 is 1.71 bits per heavy atom. The summed E-state index contributed by atoms with van der Waals surface area (Å²) in [6.45, 7) is 2.86. The van der Waals surface area contributed by atoms with Crippen LogP contribution in [0, 0.1) is 19.7 Å². The quantitative estimate of drug-likeness (QED) is 0.512. The lowest BCUT2D eigenvalue weighted by Gasteiger charge is -2.10. The molecule has 1 aromatic carbocycles. The van der Waals surface area contributed by atoms with Crippen molar-refractivity contribution in [3.63, 3.8) is 0 Å². The van der Waals surface area contributed by atoms with Crippen molar-refractivity contribution in [3.05, 3.63) is 29.1 Å². The second-order valence-electron chi connectivity index (χ2n) is 2.87. The molecule has 1 rings (SSSR count). The first-order valence-electron chi connectivity index (χ1n) is 3.82. The van der Waals surface area contributed by atoms with E-state index in [1.807, 2.05) is 0 Å². The number of hydrogen-bond acceptors (Lipinski definition) is 1. The molecule has 0 amide bonds. The van der Waals surface area contributed by atoms with Crippen LogP contribution in [0.1, 0.15) is 11.1 Å². The summed E-state index contributed by atoms with van der Waals surface area (Å²) in [4.78, 5) is -0.0828. The minimum Gasteiger partial charge on any atom is -0.206 e. The highest BCUT2D eigenvalue weighted by Crippen LogP contribution is 2.39. The number of aryl methyl sites for hydroxylation is 1. The Bertz CT molecular complexity index is 343. The van der Waals surface area contributed by atoms with Gasteiger partial charge in [0.15, 0.2) is 0 Å². The number of hydrogen-bond donors (Lipinski definition) is 0. The van der Waals surface area contributed by atoms with Gasteiger partial charge in [-0.15, -0.1) is 0 Å². The van der Waals surface area contributed by atoms with E-state index in [9.17, 15) is 17.6 Å². The number of thioether (sulfide) groups is 1. The normalized spacial score (nSPS) is 11.9. The van der Waals surface area contributed by atoms with E-state index in [-0.39, 0.29) is 22.2 Å². The summed E-state index contributed by atoms with van der Waals surface area (Å²) in [5, 5.41) is 0. The van der Waals surface area contributed by atoms with E-state index >= 15 is 0 Å². The van der Waals surface area contributed by atoms with Crippen molar-refractivity contribution in [2.75, 3.05) is 0 Å². The molecule has 1 aromatic rings. The molecule has 0 N–H and O–H groups in total. The molecule has 0 nitrogen and oxygen atoms in total. The molecule has 0 unspecified atom stereocenters. The molecule has 5 heteroatoms. The molecule has 0 fully saturated rings. The van der Waals surface area contributed by atoms with Gasteiger partial charge in [0.1, 0.15) is 5.82 Å². The molecule has 0 saturated heterocycles. The predicted octanol–water partition coefficient (Wildman–Crippen LogP) is 4.05. The van der Waals surface area contributed by atoms with Crippen molar-refractivity contribution in [2.24, 2.45) is 0 Å². The van der Waals surface area contributed by atoms with Gasteiger partial charge in [0, 0.05) is 4.90 Å². The zero-order valence-corrected chi connectivity index (χ0v) is 8.39. The predicted molar refractivity (Wildman–Crippen MR) is 47.8 cm³/mol. The number of alkyl halides is 3. The van der Waals surface area contributed by atoms with Crippen molar-refractivity contribution in [3.8, 4) is 0 Å². The summed E-state index contributed by atoms with van der Waals surface area (Å²) in [5.41, 5.74) is -3.96. The van der Waals surface area contributed by atoms with Gasteiger partial charge in [-0.1, -0.05) is 6.07 Å². The van der Waals surface area contributed by atoms with Gasteiger partial charge in [-0.05, 0) is 42.8 Å². The Morgan fingerprint density at radius 3 is 2.21 bits per heavy atom. The first-order chi connectivity index (χ1) is 6.31. The summed E-state index contributed by atoms with van der Waals surface area (Å²) in [6.07, 6.45) is 0. The fourth-order valence-corrected chi connectivity index (χ4v) is 1.67. The fraction of sp³-hybridized carbons (Fsp3) is 0.333. The van der Waals surface area contributed by atoms with Crippen LogP contribution >= 0.6 is 11.8 Å². The molecule has 0 bridgehead atoms. The van der Waals surface area contributed by atoms with Crippen molar-refractivity contribution < 1.29 is 17.6 Å². The van der Waals surface area contributed by atoms with Gasteiger partial charge in [0.25, 0.3) is 0 Å². The Morgan fingerprint density at radius 1 is 1.14 bits per heavy atom. The van der Waals surface area contributed by atoms with E-state index in [0.717, 1.165) is 0 Å². The smallest absolute Gasteiger partial charge is 0.206 e. The number of halogens is 4. The lowest BCUT2D eigenvalue weighted by atomic mass is 10.1. The van der Waals surface area contributed by atoms with Gasteiger partial charge in [0.2, 0.25) is 0 Å². The highest BCUT2D eigenvalue weighted by molar-refractivity contribution is 8.00. The molecular weight excluding hydrogens is 216 g/mol. The molecule has 78 valence electrons. The Labute approximate surface area is 83.3 Å². The molecule has 0 atom stereocenters. The highest BCUT2D eigenvalue weighted by Gasteiger charge is 2.30. The topological polar surface area (TPSA) is 0 Å². The van der Waals surface area contributed by atoms with Crippen LogP contribution in [-0.2, 0) is 0 Å². The van der Waals surface area contributed by atoms with Crippen LogP contribution in [0.25, 0.3) is 0 Å². The van der Waals surface area contributed by atoms with Gasteiger partial charge in [0.05, 0.1) is 0 Å². The standard InChI is InChI=1S/C9H8F4S/c1-5-3-4-7(6(2)8(5)10)14-9(11,12)13/h3-4H,1-2H3. The van der Waals surface area contributed by atoms with Crippen LogP contribution in [0.4, 0.5) is 17.6 Å². The summed E-state index contributed by atoms with van der Waals surface area (Å²) >= 11 is -0.290. The maximum atomic E-state index is 13.2. The zero-order chi connectivity index (χ0) is 10.9. The van der Waals surface area contributed by atoms with E-state index in [0.29, 0.717) is 5.56 Å². The zero-order valence-electron chi connectivity index (χ0n) is 7.57. The third-order valence-corrected chi connectivity index (χ3v) is 2.65. The molecule has 0 aromatic heterocycles. The first kappa shape index (κ1) is 11.4. The van der Waals surface area contributed by atoms with Crippen molar-refractivity contribution in [1.29, 1.82) is 0 Å². The summed E-state index contributed by atoms with van der Waals surface area (Å²) in [5.74, 6) is -0.570. The molecular formula is C9H8F4S. The minimum atomic E-state index is -4.37. The summed E-state index contributed by atoms with van der Waals surface area (Å²) in [7, 11) is 0. The summed E-state index contributed by atoms with van der Waals surface area (Å²) in [6, 6.07) is 2.63. The van der Waals surface area contributed by atoms with E-state index < -0.39 is 11.3 Å². The molecule has 14 heavy (non-hydrogen) atoms. The average molecular weight is 224 g/mol. The van der Waals surface area contributed by atoms with Crippen LogP contribution in [-0.4, -0.2) is 5.51 Å². The molecule has 0 heterocycles. The van der Waals surface area contributed by atoms with E-state index in [1.54, 1.807) is 0 Å². The molecule has 0 aliphatic carbocycles. The lowest BCUT2D eigenvalue weighted by Crippen LogP contribution is -2.01. The molecule has 0 spiro atoms. The van der Waals surface area contributed by atoms with Gasteiger partial charge in [-0.3, -0.25) is 0 Å². The first-order valence-corrected chi connectivity index (χ1v) is 4.64. The molecule has 0 saturated carbocycles. The third kappa shape index (κ3) is 2.64. The lowest BCUT2D eigenvalue weighted by molar-refractivity contribution is -0.0328. The van der Waals surface area contributed by atoms with Crippen LogP contribution in [0.3, 0.4) is 0 Å². The SMILES string of the molecule is Cc1ccc(SC(F)(F)F)c(C)c1F. The number of rotatable bonds is 1. The van der Waals surface area contributed by atoms with Crippen LogP contribution < -0.4 is 0 Å². The second-order valence-corrected chi connectivity index (χ2v) is 3.97. The van der Waals surface area contributed by atoms with Gasteiger partial charge in [-0.25, -0.2) is 4.39 Å². The largest absolute Gasteiger partial charge is 0.446 e. The van der Waals surface area contributed by atoms with Gasteiger partial charge >= 0.3 is 5.51 Å². The second kappa shape index (κ2) is 3.81. The van der Waals surface area contributed by atoms with Crippen LogP contribution in [0.5, 0.6) is 0 Å². The third-order valence-electron chi connectivity index (χ3n) is 1.76. The maximum Gasteiger partial charge on any atom is 0.446 e. The Balaban J connectivity index is 3.06. The Hall–Kier alpha value is -0.710. The van der Waals surface area contributed by atoms with Crippen LogP contribution in [0.15, 0.2) is 17.0 Å². The van der Waals surface area contributed by atoms with Gasteiger partial charge in [-0.2, -0.15) is 13.2 Å².